The Kier molecular flexibility index (Phi) is 10.6. The molecule has 4 unspecified atom stereocenters. The number of ether oxygens (including phenoxy) is 2. The molecule has 4 nitrogen and oxygen atoms in total. The molecule has 4 heteroatoms. The molecule has 0 aromatic rings. The van der Waals surface area contributed by atoms with Crippen LogP contribution in [0.25, 0.3) is 0 Å². The second-order valence-corrected chi connectivity index (χ2v) is 15.8. The zero-order chi connectivity index (χ0) is 29.1. The Balaban J connectivity index is 1.28. The molecular weight excluding hydrogens is 496 g/mol. The van der Waals surface area contributed by atoms with Crippen LogP contribution in [0.5, 0.6) is 0 Å². The zero-order valence-electron chi connectivity index (χ0n) is 27.1. The second-order valence-electron chi connectivity index (χ2n) is 15.8. The predicted molar refractivity (Wildman–Crippen MR) is 164 cm³/mol. The number of fused-ring (bicyclic) bond motifs is 5. The summed E-state index contributed by atoms with van der Waals surface area (Å²) >= 11 is 0. The van der Waals surface area contributed by atoms with E-state index in [1.54, 1.807) is 5.57 Å². The quantitative estimate of drug-likeness (QED) is 0.139. The number of carbonyl (C=O) groups excluding carboxylic acids is 1. The van der Waals surface area contributed by atoms with Gasteiger partial charge in [0.15, 0.2) is 0 Å². The fraction of sp³-hybridized carbons (Fsp3) is 0.917. The lowest BCUT2D eigenvalue weighted by Crippen LogP contribution is -2.51. The molecule has 0 saturated heterocycles. The minimum Gasteiger partial charge on any atom is -0.460 e. The molecule has 3 saturated carbocycles. The molecule has 0 aromatic carbocycles. The third-order valence-electron chi connectivity index (χ3n) is 12.2. The van der Waals surface area contributed by atoms with E-state index in [-0.39, 0.29) is 18.7 Å². The molecule has 0 spiro atoms. The van der Waals surface area contributed by atoms with Crippen LogP contribution in [0.2, 0.25) is 0 Å². The van der Waals surface area contributed by atoms with Crippen molar-refractivity contribution in [2.45, 2.75) is 150 Å². The summed E-state index contributed by atoms with van der Waals surface area (Å²) in [5.41, 5.74) is 1.98. The minimum absolute atomic E-state index is 0.0275. The summed E-state index contributed by atoms with van der Waals surface area (Å²) in [5.74, 6) is 5.07. The van der Waals surface area contributed by atoms with Gasteiger partial charge in [-0.1, -0.05) is 65.5 Å². The van der Waals surface area contributed by atoms with Gasteiger partial charge >= 0.3 is 5.97 Å². The van der Waals surface area contributed by atoms with E-state index in [2.05, 4.69) is 40.7 Å². The third-order valence-corrected chi connectivity index (χ3v) is 12.2. The summed E-state index contributed by atoms with van der Waals surface area (Å²) in [4.78, 5) is 12.2. The highest BCUT2D eigenvalue weighted by Crippen LogP contribution is 2.67. The summed E-state index contributed by atoms with van der Waals surface area (Å²) in [6, 6.07) is 0. The molecule has 40 heavy (non-hydrogen) atoms. The van der Waals surface area contributed by atoms with E-state index in [4.69, 9.17) is 14.6 Å². The summed E-state index contributed by atoms with van der Waals surface area (Å²) in [5, 5.41) is 9.14. The summed E-state index contributed by atoms with van der Waals surface area (Å²) < 4.78 is 11.8. The molecule has 0 heterocycles. The molecule has 0 aliphatic heterocycles. The fourth-order valence-electron chi connectivity index (χ4n) is 9.94. The monoisotopic (exact) mass is 558 g/mol. The van der Waals surface area contributed by atoms with Gasteiger partial charge in [0.05, 0.1) is 6.10 Å². The molecule has 0 aromatic heterocycles. The van der Waals surface area contributed by atoms with Gasteiger partial charge in [-0.05, 0) is 118 Å². The molecule has 0 amide bonds. The van der Waals surface area contributed by atoms with E-state index in [9.17, 15) is 4.79 Å². The number of hydrogen-bond donors (Lipinski definition) is 1. The van der Waals surface area contributed by atoms with Crippen molar-refractivity contribution in [1.82, 2.24) is 0 Å². The van der Waals surface area contributed by atoms with E-state index >= 15 is 0 Å². The molecule has 0 bridgehead atoms. The van der Waals surface area contributed by atoms with Crippen LogP contribution in [-0.4, -0.2) is 36.0 Å². The lowest BCUT2D eigenvalue weighted by Gasteiger charge is -2.58. The van der Waals surface area contributed by atoms with Crippen LogP contribution in [0, 0.1) is 46.3 Å². The van der Waals surface area contributed by atoms with Crippen LogP contribution >= 0.6 is 0 Å². The number of esters is 1. The largest absolute Gasteiger partial charge is 0.460 e. The van der Waals surface area contributed by atoms with Crippen LogP contribution in [0.3, 0.4) is 0 Å². The van der Waals surface area contributed by atoms with Crippen molar-refractivity contribution in [3.05, 3.63) is 11.6 Å². The lowest BCUT2D eigenvalue weighted by atomic mass is 9.47. The van der Waals surface area contributed by atoms with Crippen molar-refractivity contribution < 1.29 is 19.4 Å². The molecule has 230 valence electrons. The van der Waals surface area contributed by atoms with Crippen molar-refractivity contribution in [2.24, 2.45) is 46.3 Å². The first-order valence-corrected chi connectivity index (χ1v) is 17.0. The zero-order valence-corrected chi connectivity index (χ0v) is 27.1. The van der Waals surface area contributed by atoms with Gasteiger partial charge in [0, 0.05) is 26.1 Å². The average Bonchev–Trinajstić information content (AvgIpc) is 3.23. The van der Waals surface area contributed by atoms with Crippen LogP contribution in [0.4, 0.5) is 0 Å². The summed E-state index contributed by atoms with van der Waals surface area (Å²) in [6.07, 6.45) is 19.2. The van der Waals surface area contributed by atoms with Gasteiger partial charge in [0.25, 0.3) is 0 Å². The molecule has 8 atom stereocenters. The van der Waals surface area contributed by atoms with Crippen molar-refractivity contribution in [1.29, 1.82) is 0 Å². The minimum atomic E-state index is -0.604. The highest BCUT2D eigenvalue weighted by Gasteiger charge is 2.59. The van der Waals surface area contributed by atoms with E-state index < -0.39 is 5.60 Å². The molecule has 0 radical (unpaired) electrons. The first kappa shape index (κ1) is 32.1. The van der Waals surface area contributed by atoms with Crippen LogP contribution < -0.4 is 0 Å². The second kappa shape index (κ2) is 13.2. The maximum absolute atomic E-state index is 12.2. The molecule has 4 aliphatic carbocycles. The normalized spacial score (nSPS) is 36.4. The van der Waals surface area contributed by atoms with Gasteiger partial charge in [0.2, 0.25) is 0 Å². The van der Waals surface area contributed by atoms with E-state index in [1.807, 2.05) is 13.8 Å². The Morgan fingerprint density at radius 2 is 1.82 bits per heavy atom. The number of allylic oxidation sites excluding steroid dienone is 1. The molecule has 1 N–H and O–H groups in total. The number of rotatable bonds is 13. The fourth-order valence-corrected chi connectivity index (χ4v) is 9.94. The van der Waals surface area contributed by atoms with Crippen molar-refractivity contribution in [2.75, 3.05) is 13.2 Å². The van der Waals surface area contributed by atoms with Crippen LogP contribution in [0.1, 0.15) is 138 Å². The van der Waals surface area contributed by atoms with Gasteiger partial charge in [-0.2, -0.15) is 0 Å². The lowest BCUT2D eigenvalue weighted by molar-refractivity contribution is -0.158. The smallest absolute Gasteiger partial charge is 0.306 e. The first-order valence-electron chi connectivity index (χ1n) is 17.0. The Hall–Kier alpha value is -0.870. The van der Waals surface area contributed by atoms with E-state index in [0.29, 0.717) is 36.7 Å². The Bertz CT molecular complexity index is 876. The SMILES string of the molecule is CC(C)CCCC(C)[C@H]1CCC2C3CC=C4C[C@@H](OCCCC(=O)OC(C)(C)CCO)CC[C@]4(C)C3CC[C@@]21C. The van der Waals surface area contributed by atoms with Crippen molar-refractivity contribution in [3.8, 4) is 0 Å². The van der Waals surface area contributed by atoms with E-state index in [1.165, 1.54) is 57.8 Å². The average molecular weight is 559 g/mol. The Labute approximate surface area is 246 Å². The Morgan fingerprint density at radius 3 is 2.55 bits per heavy atom. The van der Waals surface area contributed by atoms with Gasteiger partial charge in [-0.15, -0.1) is 0 Å². The molecule has 3 fully saturated rings. The standard InChI is InChI=1S/C36H62O4/c1-25(2)10-8-11-26(3)30-15-16-31-29-14-13-27-24-28(17-19-35(27,6)32(29)18-20-36(30,31)7)39-23-9-12-33(38)40-34(4,5)21-22-37/h13,25-26,28-32,37H,8-12,14-24H2,1-7H3/t26?,28-,29?,30+,31?,32?,35-,36+/m0/s1. The molecule has 4 aliphatic rings. The van der Waals surface area contributed by atoms with Gasteiger partial charge in [0.1, 0.15) is 5.60 Å². The number of aliphatic hydroxyl groups excluding tert-OH is 1. The molecular formula is C36H62O4. The summed E-state index contributed by atoms with van der Waals surface area (Å²) in [7, 11) is 0. The highest BCUT2D eigenvalue weighted by atomic mass is 16.6. The van der Waals surface area contributed by atoms with Crippen LogP contribution in [-0.2, 0) is 14.3 Å². The Morgan fingerprint density at radius 1 is 1.05 bits per heavy atom. The van der Waals surface area contributed by atoms with Crippen LogP contribution in [0.15, 0.2) is 11.6 Å². The maximum Gasteiger partial charge on any atom is 0.306 e. The maximum atomic E-state index is 12.2. The third kappa shape index (κ3) is 7.01. The van der Waals surface area contributed by atoms with Gasteiger partial charge in [-0.3, -0.25) is 4.79 Å². The van der Waals surface area contributed by atoms with Crippen molar-refractivity contribution in [3.63, 3.8) is 0 Å². The molecule has 4 rings (SSSR count). The van der Waals surface area contributed by atoms with Crippen molar-refractivity contribution >= 4 is 5.97 Å². The summed E-state index contributed by atoms with van der Waals surface area (Å²) in [6.45, 7) is 17.0. The van der Waals surface area contributed by atoms with Gasteiger partial charge in [-0.25, -0.2) is 0 Å². The topological polar surface area (TPSA) is 55.8 Å². The number of carbonyl (C=O) groups is 1. The van der Waals surface area contributed by atoms with E-state index in [0.717, 1.165) is 48.3 Å². The highest BCUT2D eigenvalue weighted by molar-refractivity contribution is 5.69. The number of aliphatic hydroxyl groups is 1. The van der Waals surface area contributed by atoms with Gasteiger partial charge < -0.3 is 14.6 Å². The number of hydrogen-bond acceptors (Lipinski definition) is 4. The first-order chi connectivity index (χ1) is 18.9. The predicted octanol–water partition coefficient (Wildman–Crippen LogP) is 8.90.